The Bertz CT molecular complexity index is 479. The molecule has 1 heterocycles. The predicted octanol–water partition coefficient (Wildman–Crippen LogP) is 3.41. The van der Waals surface area contributed by atoms with Crippen LogP contribution in [-0.2, 0) is 6.54 Å². The first-order chi connectivity index (χ1) is 8.29. The first-order valence-corrected chi connectivity index (χ1v) is 6.17. The Morgan fingerprint density at radius 1 is 1.41 bits per heavy atom. The lowest BCUT2D eigenvalue weighted by Gasteiger charge is -2.09. The minimum absolute atomic E-state index is 0.769. The fraction of sp³-hybridized carbons (Fsp3) is 0.308. The minimum Gasteiger partial charge on any atom is -0.356 e. The lowest BCUT2D eigenvalue weighted by atomic mass is 10.2. The molecule has 0 aliphatic carbocycles. The molecule has 0 aliphatic heterocycles. The van der Waals surface area contributed by atoms with E-state index in [1.165, 1.54) is 5.56 Å². The summed E-state index contributed by atoms with van der Waals surface area (Å²) in [5, 5.41) is 4.07. The van der Waals surface area contributed by atoms with E-state index in [4.69, 9.17) is 11.6 Å². The van der Waals surface area contributed by atoms with E-state index in [0.29, 0.717) is 0 Å². The van der Waals surface area contributed by atoms with Crippen LogP contribution in [0, 0.1) is 0 Å². The van der Waals surface area contributed by atoms with Crippen molar-refractivity contribution in [2.45, 2.75) is 19.9 Å². The second kappa shape index (κ2) is 5.73. The summed E-state index contributed by atoms with van der Waals surface area (Å²) in [5.41, 5.74) is 1.18. The largest absolute Gasteiger partial charge is 0.356 e. The summed E-state index contributed by atoms with van der Waals surface area (Å²) in [6, 6.07) is 7.89. The lowest BCUT2D eigenvalue weighted by molar-refractivity contribution is 0.793. The molecule has 0 spiro atoms. The third kappa shape index (κ3) is 3.24. The van der Waals surface area contributed by atoms with Gasteiger partial charge in [0, 0.05) is 24.0 Å². The summed E-state index contributed by atoms with van der Waals surface area (Å²) in [5.74, 6) is 0.909. The fourth-order valence-corrected chi connectivity index (χ4v) is 1.89. The van der Waals surface area contributed by atoms with E-state index in [2.05, 4.69) is 27.9 Å². The van der Waals surface area contributed by atoms with Gasteiger partial charge in [0.05, 0.1) is 6.54 Å². The molecular weight excluding hydrogens is 234 g/mol. The number of hydrogen-bond acceptors (Lipinski definition) is 2. The van der Waals surface area contributed by atoms with Gasteiger partial charge in [-0.1, -0.05) is 30.7 Å². The van der Waals surface area contributed by atoms with Crippen molar-refractivity contribution in [3.63, 3.8) is 0 Å². The Morgan fingerprint density at radius 3 is 3.06 bits per heavy atom. The Kier molecular flexibility index (Phi) is 4.04. The maximum Gasteiger partial charge on any atom is 0.203 e. The van der Waals surface area contributed by atoms with Crippen molar-refractivity contribution in [3.8, 4) is 0 Å². The first kappa shape index (κ1) is 12.0. The number of aromatic nitrogens is 2. The van der Waals surface area contributed by atoms with Gasteiger partial charge in [-0.25, -0.2) is 4.98 Å². The van der Waals surface area contributed by atoms with E-state index in [0.717, 1.165) is 30.5 Å². The van der Waals surface area contributed by atoms with Crippen molar-refractivity contribution >= 4 is 17.5 Å². The molecule has 0 radical (unpaired) electrons. The summed E-state index contributed by atoms with van der Waals surface area (Å²) in [7, 11) is 0. The number of imidazole rings is 1. The van der Waals surface area contributed by atoms with Crippen molar-refractivity contribution in [2.75, 3.05) is 11.9 Å². The molecule has 4 heteroatoms. The Balaban J connectivity index is 2.10. The van der Waals surface area contributed by atoms with Crippen LogP contribution >= 0.6 is 11.6 Å². The number of nitrogens with one attached hydrogen (secondary N) is 1. The normalized spacial score (nSPS) is 10.5. The monoisotopic (exact) mass is 249 g/mol. The maximum atomic E-state index is 5.97. The number of rotatable bonds is 5. The smallest absolute Gasteiger partial charge is 0.203 e. The second-order valence-corrected chi connectivity index (χ2v) is 4.37. The molecule has 0 amide bonds. The second-order valence-electron chi connectivity index (χ2n) is 3.94. The molecule has 0 bridgehead atoms. The highest BCUT2D eigenvalue weighted by atomic mass is 35.5. The number of anilines is 1. The summed E-state index contributed by atoms with van der Waals surface area (Å²) in [4.78, 5) is 4.29. The molecule has 2 aromatic rings. The van der Waals surface area contributed by atoms with Crippen LogP contribution < -0.4 is 5.32 Å². The van der Waals surface area contributed by atoms with Crippen LogP contribution in [0.25, 0.3) is 0 Å². The van der Waals surface area contributed by atoms with Crippen molar-refractivity contribution in [2.24, 2.45) is 0 Å². The number of nitrogens with zero attached hydrogens (tertiary/aromatic N) is 2. The van der Waals surface area contributed by atoms with E-state index in [1.807, 2.05) is 30.6 Å². The SMILES string of the molecule is CCCNc1nccn1Cc1cccc(Cl)c1. The molecular formula is C13H16ClN3. The highest BCUT2D eigenvalue weighted by Crippen LogP contribution is 2.14. The Hall–Kier alpha value is -1.48. The zero-order valence-electron chi connectivity index (χ0n) is 9.86. The van der Waals surface area contributed by atoms with Crippen molar-refractivity contribution < 1.29 is 0 Å². The van der Waals surface area contributed by atoms with Crippen LogP contribution in [-0.4, -0.2) is 16.1 Å². The van der Waals surface area contributed by atoms with Gasteiger partial charge in [0.25, 0.3) is 0 Å². The summed E-state index contributed by atoms with van der Waals surface area (Å²) in [6.07, 6.45) is 4.87. The quantitative estimate of drug-likeness (QED) is 0.880. The van der Waals surface area contributed by atoms with E-state index < -0.39 is 0 Å². The van der Waals surface area contributed by atoms with Crippen molar-refractivity contribution in [1.29, 1.82) is 0 Å². The van der Waals surface area contributed by atoms with Gasteiger partial charge in [0.15, 0.2) is 0 Å². The summed E-state index contributed by atoms with van der Waals surface area (Å²) >= 11 is 5.97. The van der Waals surface area contributed by atoms with Crippen LogP contribution in [0.4, 0.5) is 5.95 Å². The van der Waals surface area contributed by atoms with Gasteiger partial charge in [-0.05, 0) is 24.1 Å². The van der Waals surface area contributed by atoms with Crippen LogP contribution in [0.2, 0.25) is 5.02 Å². The molecule has 1 aromatic heterocycles. The van der Waals surface area contributed by atoms with Gasteiger partial charge < -0.3 is 9.88 Å². The average molecular weight is 250 g/mol. The highest BCUT2D eigenvalue weighted by molar-refractivity contribution is 6.30. The molecule has 17 heavy (non-hydrogen) atoms. The number of halogens is 1. The van der Waals surface area contributed by atoms with E-state index in [1.54, 1.807) is 0 Å². The topological polar surface area (TPSA) is 29.9 Å². The fourth-order valence-electron chi connectivity index (χ4n) is 1.67. The molecule has 1 N–H and O–H groups in total. The zero-order chi connectivity index (χ0) is 12.1. The van der Waals surface area contributed by atoms with Crippen molar-refractivity contribution in [1.82, 2.24) is 9.55 Å². The molecule has 0 saturated heterocycles. The minimum atomic E-state index is 0.769. The molecule has 0 fully saturated rings. The molecule has 3 nitrogen and oxygen atoms in total. The van der Waals surface area contributed by atoms with E-state index in [-0.39, 0.29) is 0 Å². The van der Waals surface area contributed by atoms with Crippen molar-refractivity contribution in [3.05, 3.63) is 47.2 Å². The van der Waals surface area contributed by atoms with Gasteiger partial charge >= 0.3 is 0 Å². The van der Waals surface area contributed by atoms with Crippen LogP contribution in [0.15, 0.2) is 36.7 Å². The third-order valence-electron chi connectivity index (χ3n) is 2.49. The average Bonchev–Trinajstić information content (AvgIpc) is 2.74. The molecule has 2 rings (SSSR count). The number of hydrogen-bond donors (Lipinski definition) is 1. The van der Waals surface area contributed by atoms with Gasteiger partial charge in [-0.3, -0.25) is 0 Å². The standard InChI is InChI=1S/C13H16ClN3/c1-2-6-15-13-16-7-8-17(13)10-11-4-3-5-12(14)9-11/h3-5,7-9H,2,6,10H2,1H3,(H,15,16). The van der Waals surface area contributed by atoms with Crippen LogP contribution in [0.3, 0.4) is 0 Å². The Morgan fingerprint density at radius 2 is 2.29 bits per heavy atom. The highest BCUT2D eigenvalue weighted by Gasteiger charge is 2.02. The van der Waals surface area contributed by atoms with Gasteiger partial charge in [0.1, 0.15) is 0 Å². The van der Waals surface area contributed by atoms with Gasteiger partial charge in [0.2, 0.25) is 5.95 Å². The Labute approximate surface area is 106 Å². The molecule has 0 saturated carbocycles. The van der Waals surface area contributed by atoms with E-state index >= 15 is 0 Å². The summed E-state index contributed by atoms with van der Waals surface area (Å²) < 4.78 is 2.08. The zero-order valence-corrected chi connectivity index (χ0v) is 10.6. The third-order valence-corrected chi connectivity index (χ3v) is 2.73. The van der Waals surface area contributed by atoms with Gasteiger partial charge in [-0.2, -0.15) is 0 Å². The molecule has 1 aromatic carbocycles. The van der Waals surface area contributed by atoms with Crippen LogP contribution in [0.5, 0.6) is 0 Å². The van der Waals surface area contributed by atoms with Crippen LogP contribution in [0.1, 0.15) is 18.9 Å². The lowest BCUT2D eigenvalue weighted by Crippen LogP contribution is -2.08. The molecule has 90 valence electrons. The molecule has 0 aliphatic rings. The molecule has 0 atom stereocenters. The predicted molar refractivity (Wildman–Crippen MR) is 71.6 cm³/mol. The first-order valence-electron chi connectivity index (χ1n) is 5.79. The molecule has 0 unspecified atom stereocenters. The number of benzene rings is 1. The van der Waals surface area contributed by atoms with E-state index in [9.17, 15) is 0 Å². The van der Waals surface area contributed by atoms with Gasteiger partial charge in [-0.15, -0.1) is 0 Å². The maximum absolute atomic E-state index is 5.97. The summed E-state index contributed by atoms with van der Waals surface area (Å²) in [6.45, 7) is 3.86.